The summed E-state index contributed by atoms with van der Waals surface area (Å²) >= 11 is 0. The van der Waals surface area contributed by atoms with Gasteiger partial charge in [0.1, 0.15) is 5.82 Å². The fraction of sp³-hybridized carbons (Fsp3) is 0.316. The molecule has 3 rings (SSSR count). The molecule has 0 amide bonds. The highest BCUT2D eigenvalue weighted by molar-refractivity contribution is 5.95. The van der Waals surface area contributed by atoms with E-state index in [9.17, 15) is 4.39 Å². The third-order valence-electron chi connectivity index (χ3n) is 4.02. The van der Waals surface area contributed by atoms with Crippen LogP contribution in [0, 0.1) is 12.7 Å². The number of halogens is 1. The second-order valence-electron chi connectivity index (χ2n) is 5.95. The van der Waals surface area contributed by atoms with E-state index < -0.39 is 0 Å². The van der Waals surface area contributed by atoms with Gasteiger partial charge in [0, 0.05) is 18.8 Å². The lowest BCUT2D eigenvalue weighted by molar-refractivity contribution is 0.341. The van der Waals surface area contributed by atoms with Crippen molar-refractivity contribution in [3.63, 3.8) is 0 Å². The van der Waals surface area contributed by atoms with Crippen molar-refractivity contribution >= 4 is 17.3 Å². The number of piperidine rings is 1. The Kier molecular flexibility index (Phi) is 4.91. The molecule has 1 saturated heterocycles. The summed E-state index contributed by atoms with van der Waals surface area (Å²) < 4.78 is 13.1. The molecule has 0 saturated carbocycles. The van der Waals surface area contributed by atoms with Crippen LogP contribution in [0.15, 0.2) is 53.5 Å². The molecule has 3 nitrogen and oxygen atoms in total. The number of anilines is 1. The molecule has 120 valence electrons. The van der Waals surface area contributed by atoms with E-state index in [1.54, 1.807) is 12.1 Å². The molecule has 1 heterocycles. The van der Waals surface area contributed by atoms with E-state index in [4.69, 9.17) is 4.99 Å². The van der Waals surface area contributed by atoms with Gasteiger partial charge in [-0.25, -0.2) is 9.38 Å². The zero-order chi connectivity index (χ0) is 16.1. The number of rotatable bonds is 2. The fourth-order valence-corrected chi connectivity index (χ4v) is 2.69. The summed E-state index contributed by atoms with van der Waals surface area (Å²) in [5.41, 5.74) is 2.99. The van der Waals surface area contributed by atoms with Gasteiger partial charge < -0.3 is 10.2 Å². The molecular formula is C19H22FN3. The Balaban J connectivity index is 1.86. The first-order valence-electron chi connectivity index (χ1n) is 8.13. The van der Waals surface area contributed by atoms with Crippen LogP contribution >= 0.6 is 0 Å². The molecule has 2 aromatic rings. The number of hydrogen-bond donors (Lipinski definition) is 1. The molecule has 0 unspecified atom stereocenters. The SMILES string of the molecule is Cc1ccc(N=C(Nc2ccc(F)cc2)N2CCCCC2)cc1. The average Bonchev–Trinajstić information content (AvgIpc) is 2.59. The molecule has 0 spiro atoms. The minimum Gasteiger partial charge on any atom is -0.342 e. The van der Waals surface area contributed by atoms with Crippen molar-refractivity contribution in [1.29, 1.82) is 0 Å². The lowest BCUT2D eigenvalue weighted by atomic mass is 10.1. The second-order valence-corrected chi connectivity index (χ2v) is 5.95. The first-order chi connectivity index (χ1) is 11.2. The maximum absolute atomic E-state index is 13.1. The minimum absolute atomic E-state index is 0.231. The van der Waals surface area contributed by atoms with Gasteiger partial charge in [-0.2, -0.15) is 0 Å². The molecule has 1 aliphatic heterocycles. The summed E-state index contributed by atoms with van der Waals surface area (Å²) in [6.07, 6.45) is 3.63. The van der Waals surface area contributed by atoms with E-state index >= 15 is 0 Å². The van der Waals surface area contributed by atoms with Crippen LogP contribution in [-0.2, 0) is 0 Å². The highest BCUT2D eigenvalue weighted by atomic mass is 19.1. The van der Waals surface area contributed by atoms with E-state index in [1.165, 1.54) is 37.0 Å². The summed E-state index contributed by atoms with van der Waals surface area (Å²) in [4.78, 5) is 7.05. The van der Waals surface area contributed by atoms with Gasteiger partial charge >= 0.3 is 0 Å². The molecule has 23 heavy (non-hydrogen) atoms. The van der Waals surface area contributed by atoms with Crippen LogP contribution in [0.25, 0.3) is 0 Å². The van der Waals surface area contributed by atoms with Crippen molar-refractivity contribution < 1.29 is 4.39 Å². The molecule has 0 radical (unpaired) electrons. The van der Waals surface area contributed by atoms with Crippen LogP contribution in [-0.4, -0.2) is 23.9 Å². The normalized spacial score (nSPS) is 15.6. The van der Waals surface area contributed by atoms with Crippen LogP contribution in [0.2, 0.25) is 0 Å². The molecule has 1 fully saturated rings. The Morgan fingerprint density at radius 1 is 0.957 bits per heavy atom. The summed E-state index contributed by atoms with van der Waals surface area (Å²) in [5.74, 6) is 0.603. The summed E-state index contributed by atoms with van der Waals surface area (Å²) in [7, 11) is 0. The summed E-state index contributed by atoms with van der Waals surface area (Å²) in [6.45, 7) is 4.06. The maximum Gasteiger partial charge on any atom is 0.203 e. The van der Waals surface area contributed by atoms with E-state index in [2.05, 4.69) is 29.3 Å². The Labute approximate surface area is 136 Å². The third-order valence-corrected chi connectivity index (χ3v) is 4.02. The van der Waals surface area contributed by atoms with Gasteiger partial charge in [0.25, 0.3) is 0 Å². The Morgan fingerprint density at radius 3 is 2.26 bits per heavy atom. The van der Waals surface area contributed by atoms with Crippen molar-refractivity contribution in [3.05, 3.63) is 59.9 Å². The quantitative estimate of drug-likeness (QED) is 0.642. The predicted molar refractivity (Wildman–Crippen MR) is 93.7 cm³/mol. The van der Waals surface area contributed by atoms with Crippen LogP contribution in [0.1, 0.15) is 24.8 Å². The second kappa shape index (κ2) is 7.27. The van der Waals surface area contributed by atoms with Gasteiger partial charge in [-0.3, -0.25) is 0 Å². The van der Waals surface area contributed by atoms with Gasteiger partial charge in [-0.1, -0.05) is 17.7 Å². The number of likely N-dealkylation sites (tertiary alicyclic amines) is 1. The van der Waals surface area contributed by atoms with Crippen LogP contribution in [0.5, 0.6) is 0 Å². The van der Waals surface area contributed by atoms with Crippen LogP contribution in [0.4, 0.5) is 15.8 Å². The molecule has 0 aliphatic carbocycles. The first kappa shape index (κ1) is 15.5. The highest BCUT2D eigenvalue weighted by Crippen LogP contribution is 2.18. The Hall–Kier alpha value is -2.36. The van der Waals surface area contributed by atoms with Gasteiger partial charge in [0.15, 0.2) is 0 Å². The lowest BCUT2D eigenvalue weighted by Gasteiger charge is -2.30. The topological polar surface area (TPSA) is 27.6 Å². The number of nitrogens with zero attached hydrogens (tertiary/aromatic N) is 2. The third kappa shape index (κ3) is 4.31. The molecule has 2 aromatic carbocycles. The zero-order valence-electron chi connectivity index (χ0n) is 13.4. The first-order valence-corrected chi connectivity index (χ1v) is 8.13. The number of benzene rings is 2. The van der Waals surface area contributed by atoms with Crippen LogP contribution < -0.4 is 5.32 Å². The van der Waals surface area contributed by atoms with Crippen LogP contribution in [0.3, 0.4) is 0 Å². The van der Waals surface area contributed by atoms with Gasteiger partial charge in [-0.05, 0) is 62.6 Å². The van der Waals surface area contributed by atoms with Gasteiger partial charge in [-0.15, -0.1) is 0 Å². The number of hydrogen-bond acceptors (Lipinski definition) is 1. The van der Waals surface area contributed by atoms with E-state index in [-0.39, 0.29) is 5.82 Å². The number of aryl methyl sites for hydroxylation is 1. The van der Waals surface area contributed by atoms with Crippen molar-refractivity contribution in [2.24, 2.45) is 4.99 Å². The number of aliphatic imine (C=N–C) groups is 1. The smallest absolute Gasteiger partial charge is 0.203 e. The fourth-order valence-electron chi connectivity index (χ4n) is 2.69. The standard InChI is InChI=1S/C19H22FN3/c1-15-5-9-17(10-6-15)21-19(23-13-3-2-4-14-23)22-18-11-7-16(20)8-12-18/h5-12H,2-4,13-14H2,1H3,(H,21,22). The molecular weight excluding hydrogens is 289 g/mol. The Bertz CT molecular complexity index is 656. The van der Waals surface area contributed by atoms with E-state index in [0.29, 0.717) is 0 Å². The average molecular weight is 311 g/mol. The van der Waals surface area contributed by atoms with Gasteiger partial charge in [0.05, 0.1) is 5.69 Å². The molecule has 1 aliphatic rings. The molecule has 0 bridgehead atoms. The highest BCUT2D eigenvalue weighted by Gasteiger charge is 2.15. The van der Waals surface area contributed by atoms with E-state index in [1.807, 2.05) is 12.1 Å². The largest absolute Gasteiger partial charge is 0.342 e. The lowest BCUT2D eigenvalue weighted by Crippen LogP contribution is -2.39. The molecule has 4 heteroatoms. The number of guanidine groups is 1. The van der Waals surface area contributed by atoms with Crippen molar-refractivity contribution in [2.45, 2.75) is 26.2 Å². The Morgan fingerprint density at radius 2 is 1.61 bits per heavy atom. The zero-order valence-corrected chi connectivity index (χ0v) is 13.4. The van der Waals surface area contributed by atoms with Gasteiger partial charge in [0.2, 0.25) is 5.96 Å². The molecule has 0 aromatic heterocycles. The van der Waals surface area contributed by atoms with Crippen molar-refractivity contribution in [1.82, 2.24) is 4.90 Å². The van der Waals surface area contributed by atoms with Crippen molar-refractivity contribution in [3.8, 4) is 0 Å². The molecule has 0 atom stereocenters. The molecule has 1 N–H and O–H groups in total. The summed E-state index contributed by atoms with van der Waals surface area (Å²) in [6, 6.07) is 14.6. The summed E-state index contributed by atoms with van der Waals surface area (Å²) in [5, 5.41) is 3.35. The monoisotopic (exact) mass is 311 g/mol. The van der Waals surface area contributed by atoms with E-state index in [0.717, 1.165) is 30.4 Å². The minimum atomic E-state index is -0.231. The predicted octanol–water partition coefficient (Wildman–Crippen LogP) is 4.72. The maximum atomic E-state index is 13.1. The number of nitrogens with one attached hydrogen (secondary N) is 1. The van der Waals surface area contributed by atoms with Crippen molar-refractivity contribution in [2.75, 3.05) is 18.4 Å².